The van der Waals surface area contributed by atoms with Gasteiger partial charge in [-0.05, 0) is 38.1 Å². The number of hydrogen-bond acceptors (Lipinski definition) is 3. The molecule has 1 aromatic rings. The molecule has 0 spiro atoms. The molecule has 0 aromatic heterocycles. The molecular weight excluding hydrogens is 202 g/mol. The third-order valence-electron chi connectivity index (χ3n) is 1.89. The van der Waals surface area contributed by atoms with Crippen LogP contribution in [0.15, 0.2) is 46.1 Å². The van der Waals surface area contributed by atoms with Crippen LogP contribution in [0.2, 0.25) is 0 Å². The Morgan fingerprint density at radius 3 is 2.75 bits per heavy atom. The molecule has 0 unspecified atom stereocenters. The van der Waals surface area contributed by atoms with Crippen LogP contribution in [0.4, 0.5) is 5.69 Å². The van der Waals surface area contributed by atoms with E-state index >= 15 is 0 Å². The second-order valence-corrected chi connectivity index (χ2v) is 3.18. The minimum atomic E-state index is -0.354. The molecule has 0 atom stereocenters. The largest absolute Gasteiger partial charge is 0.321 e. The molecule has 0 saturated carbocycles. The Morgan fingerprint density at radius 2 is 2.19 bits per heavy atom. The number of nitrogens with zero attached hydrogens (tertiary/aromatic N) is 2. The molecule has 0 fully saturated rings. The van der Waals surface area contributed by atoms with Gasteiger partial charge in [0.2, 0.25) is 0 Å². The van der Waals surface area contributed by atoms with Crippen LogP contribution in [-0.2, 0) is 4.79 Å². The van der Waals surface area contributed by atoms with Gasteiger partial charge in [0.05, 0.1) is 6.20 Å². The number of hydrogen-bond donors (Lipinski definition) is 1. The van der Waals surface area contributed by atoms with Crippen molar-refractivity contribution in [3.05, 3.63) is 41.7 Å². The fraction of sp³-hybridized carbons (Fsp3) is 0.0833. The lowest BCUT2D eigenvalue weighted by Gasteiger charge is -2.05. The topological polar surface area (TPSA) is 53.8 Å². The SMILES string of the molecule is C=N/C=C(\N=C)C(=O)Nc1cccc(C)c1. The maximum atomic E-state index is 11.6. The predicted molar refractivity (Wildman–Crippen MR) is 67.0 cm³/mol. The highest BCUT2D eigenvalue weighted by molar-refractivity contribution is 6.03. The smallest absolute Gasteiger partial charge is 0.275 e. The standard InChI is InChI=1S/C12H13N3O/c1-9-5-4-6-10(7-9)15-12(16)11(14-3)8-13-2/h4-8H,2-3H2,1H3,(H,15,16)/b11-8-. The van der Waals surface area contributed by atoms with Gasteiger partial charge in [0.1, 0.15) is 5.70 Å². The molecule has 0 aliphatic carbocycles. The van der Waals surface area contributed by atoms with Gasteiger partial charge in [-0.25, -0.2) is 0 Å². The zero-order chi connectivity index (χ0) is 12.0. The summed E-state index contributed by atoms with van der Waals surface area (Å²) >= 11 is 0. The van der Waals surface area contributed by atoms with Crippen LogP contribution in [0.1, 0.15) is 5.56 Å². The molecule has 0 radical (unpaired) electrons. The first-order chi connectivity index (χ1) is 7.67. The van der Waals surface area contributed by atoms with Gasteiger partial charge in [-0.1, -0.05) is 12.1 Å². The molecule has 16 heavy (non-hydrogen) atoms. The number of aryl methyl sites for hydroxylation is 1. The summed E-state index contributed by atoms with van der Waals surface area (Å²) in [5.41, 5.74) is 1.91. The highest BCUT2D eigenvalue weighted by Crippen LogP contribution is 2.11. The van der Waals surface area contributed by atoms with Crippen molar-refractivity contribution in [3.63, 3.8) is 0 Å². The molecule has 4 heteroatoms. The number of rotatable bonds is 4. The number of carbonyl (C=O) groups excluding carboxylic acids is 1. The van der Waals surface area contributed by atoms with E-state index in [1.165, 1.54) is 6.20 Å². The minimum absolute atomic E-state index is 0.136. The summed E-state index contributed by atoms with van der Waals surface area (Å²) in [6, 6.07) is 7.47. The van der Waals surface area contributed by atoms with Crippen molar-refractivity contribution in [2.24, 2.45) is 9.98 Å². The van der Waals surface area contributed by atoms with Crippen LogP contribution in [0.3, 0.4) is 0 Å². The van der Waals surface area contributed by atoms with E-state index in [9.17, 15) is 4.79 Å². The molecule has 1 amide bonds. The summed E-state index contributed by atoms with van der Waals surface area (Å²) in [6.07, 6.45) is 1.26. The monoisotopic (exact) mass is 215 g/mol. The summed E-state index contributed by atoms with van der Waals surface area (Å²) in [5.74, 6) is -0.354. The fourth-order valence-corrected chi connectivity index (χ4v) is 1.18. The van der Waals surface area contributed by atoms with Gasteiger partial charge >= 0.3 is 0 Å². The van der Waals surface area contributed by atoms with E-state index < -0.39 is 0 Å². The van der Waals surface area contributed by atoms with E-state index in [1.807, 2.05) is 25.1 Å². The molecule has 0 heterocycles. The van der Waals surface area contributed by atoms with Gasteiger partial charge in [0.25, 0.3) is 5.91 Å². The first-order valence-corrected chi connectivity index (χ1v) is 4.68. The quantitative estimate of drug-likeness (QED) is 0.607. The van der Waals surface area contributed by atoms with E-state index in [4.69, 9.17) is 0 Å². The van der Waals surface area contributed by atoms with Crippen LogP contribution in [0.25, 0.3) is 0 Å². The second-order valence-electron chi connectivity index (χ2n) is 3.18. The van der Waals surface area contributed by atoms with Crippen LogP contribution in [0.5, 0.6) is 0 Å². The van der Waals surface area contributed by atoms with Crippen LogP contribution in [0, 0.1) is 6.92 Å². The van der Waals surface area contributed by atoms with Crippen LogP contribution in [-0.4, -0.2) is 19.3 Å². The Hall–Kier alpha value is -2.23. The maximum Gasteiger partial charge on any atom is 0.275 e. The number of aliphatic imine (C=N–C) groups is 2. The summed E-state index contributed by atoms with van der Waals surface area (Å²) in [6.45, 7) is 8.50. The average Bonchev–Trinajstić information content (AvgIpc) is 2.25. The Balaban J connectivity index is 2.82. The third kappa shape index (κ3) is 3.16. The Labute approximate surface area is 94.4 Å². The molecule has 1 N–H and O–H groups in total. The lowest BCUT2D eigenvalue weighted by molar-refractivity contribution is -0.112. The van der Waals surface area contributed by atoms with Crippen molar-refractivity contribution >= 4 is 25.0 Å². The summed E-state index contributed by atoms with van der Waals surface area (Å²) in [7, 11) is 0. The van der Waals surface area contributed by atoms with Crippen molar-refractivity contribution in [3.8, 4) is 0 Å². The number of nitrogens with one attached hydrogen (secondary N) is 1. The van der Waals surface area contributed by atoms with E-state index in [2.05, 4.69) is 28.7 Å². The number of carbonyl (C=O) groups is 1. The lowest BCUT2D eigenvalue weighted by Crippen LogP contribution is -2.13. The van der Waals surface area contributed by atoms with Crippen molar-refractivity contribution in [2.45, 2.75) is 6.92 Å². The Bertz CT molecular complexity index is 449. The van der Waals surface area contributed by atoms with Gasteiger partial charge < -0.3 is 5.32 Å². The summed E-state index contributed by atoms with van der Waals surface area (Å²) in [5, 5.41) is 2.69. The number of anilines is 1. The average molecular weight is 215 g/mol. The Kier molecular flexibility index (Phi) is 4.15. The van der Waals surface area contributed by atoms with Crippen LogP contribution < -0.4 is 5.32 Å². The zero-order valence-electron chi connectivity index (χ0n) is 9.10. The minimum Gasteiger partial charge on any atom is -0.321 e. The normalized spacial score (nSPS) is 10.7. The predicted octanol–water partition coefficient (Wildman–Crippen LogP) is 2.18. The maximum absolute atomic E-state index is 11.6. The number of benzene rings is 1. The molecule has 82 valence electrons. The highest BCUT2D eigenvalue weighted by atomic mass is 16.2. The second kappa shape index (κ2) is 5.60. The first-order valence-electron chi connectivity index (χ1n) is 4.68. The van der Waals surface area contributed by atoms with Crippen molar-refractivity contribution in [1.29, 1.82) is 0 Å². The van der Waals surface area contributed by atoms with Crippen molar-refractivity contribution in [1.82, 2.24) is 0 Å². The molecule has 0 aliphatic heterocycles. The van der Waals surface area contributed by atoms with Gasteiger partial charge in [-0.2, -0.15) is 0 Å². The van der Waals surface area contributed by atoms with E-state index in [0.717, 1.165) is 5.56 Å². The van der Waals surface area contributed by atoms with Crippen LogP contribution >= 0.6 is 0 Å². The molecule has 1 rings (SSSR count). The lowest BCUT2D eigenvalue weighted by atomic mass is 10.2. The molecule has 0 aliphatic rings. The summed E-state index contributed by atoms with van der Waals surface area (Å²) in [4.78, 5) is 18.7. The summed E-state index contributed by atoms with van der Waals surface area (Å²) < 4.78 is 0. The van der Waals surface area contributed by atoms with E-state index in [-0.39, 0.29) is 11.6 Å². The Morgan fingerprint density at radius 1 is 1.44 bits per heavy atom. The molecule has 4 nitrogen and oxygen atoms in total. The number of amides is 1. The van der Waals surface area contributed by atoms with Gasteiger partial charge in [-0.15, -0.1) is 0 Å². The van der Waals surface area contributed by atoms with Gasteiger partial charge in [0.15, 0.2) is 0 Å². The third-order valence-corrected chi connectivity index (χ3v) is 1.89. The van der Waals surface area contributed by atoms with Gasteiger partial charge in [-0.3, -0.25) is 14.8 Å². The highest BCUT2D eigenvalue weighted by Gasteiger charge is 2.07. The van der Waals surface area contributed by atoms with E-state index in [1.54, 1.807) is 6.07 Å². The first kappa shape index (κ1) is 11.8. The van der Waals surface area contributed by atoms with Gasteiger partial charge in [0, 0.05) is 5.69 Å². The van der Waals surface area contributed by atoms with Crippen molar-refractivity contribution in [2.75, 3.05) is 5.32 Å². The zero-order valence-corrected chi connectivity index (χ0v) is 9.10. The molecule has 1 aromatic carbocycles. The molecular formula is C12H13N3O. The molecule has 0 saturated heterocycles. The van der Waals surface area contributed by atoms with Crippen molar-refractivity contribution < 1.29 is 4.79 Å². The van der Waals surface area contributed by atoms with E-state index in [0.29, 0.717) is 5.69 Å². The molecule has 0 bridgehead atoms. The fourth-order valence-electron chi connectivity index (χ4n) is 1.18.